The highest BCUT2D eigenvalue weighted by Crippen LogP contribution is 2.53. The van der Waals surface area contributed by atoms with Crippen molar-refractivity contribution < 1.29 is 0 Å². The van der Waals surface area contributed by atoms with E-state index in [1.54, 1.807) is 0 Å². The minimum atomic E-state index is 0.666. The molecule has 1 atom stereocenters. The molecule has 0 bridgehead atoms. The molecule has 0 aromatic heterocycles. The van der Waals surface area contributed by atoms with Crippen LogP contribution in [0.25, 0.3) is 0 Å². The number of allylic oxidation sites excluding steroid dienone is 2. The molecule has 74 valence electrons. The van der Waals surface area contributed by atoms with E-state index >= 15 is 0 Å². The van der Waals surface area contributed by atoms with Crippen LogP contribution in [0.15, 0.2) is 12.2 Å². The first-order valence-corrected chi connectivity index (χ1v) is 5.72. The van der Waals surface area contributed by atoms with E-state index < -0.39 is 0 Å². The van der Waals surface area contributed by atoms with Crippen LogP contribution in [0.5, 0.6) is 0 Å². The summed E-state index contributed by atoms with van der Waals surface area (Å²) in [6, 6.07) is 0. The van der Waals surface area contributed by atoms with Gasteiger partial charge in [0.25, 0.3) is 0 Å². The predicted octanol–water partition coefficient (Wildman–Crippen LogP) is 2.86. The minimum Gasteiger partial charge on any atom is -0.330 e. The zero-order valence-electron chi connectivity index (χ0n) is 8.47. The zero-order valence-corrected chi connectivity index (χ0v) is 8.47. The summed E-state index contributed by atoms with van der Waals surface area (Å²) in [5.41, 5.74) is 6.38. The average Bonchev–Trinajstić information content (AvgIpc) is 2.13. The lowest BCUT2D eigenvalue weighted by atomic mass is 9.57. The topological polar surface area (TPSA) is 26.0 Å². The molecule has 1 fully saturated rings. The fraction of sp³-hybridized carbons (Fsp3) is 0.833. The summed E-state index contributed by atoms with van der Waals surface area (Å²) < 4.78 is 0. The summed E-state index contributed by atoms with van der Waals surface area (Å²) in [5, 5.41) is 0. The quantitative estimate of drug-likeness (QED) is 0.662. The minimum absolute atomic E-state index is 0.666. The van der Waals surface area contributed by atoms with Gasteiger partial charge in [0.15, 0.2) is 0 Å². The van der Waals surface area contributed by atoms with E-state index in [0.29, 0.717) is 5.41 Å². The third-order valence-electron chi connectivity index (χ3n) is 4.13. The molecule has 0 aromatic rings. The highest BCUT2D eigenvalue weighted by atomic mass is 14.6. The number of rotatable bonds is 3. The van der Waals surface area contributed by atoms with Gasteiger partial charge < -0.3 is 5.73 Å². The van der Waals surface area contributed by atoms with Gasteiger partial charge in [-0.15, -0.1) is 0 Å². The molecule has 2 aliphatic carbocycles. The molecule has 0 saturated heterocycles. The van der Waals surface area contributed by atoms with Crippen LogP contribution in [0.4, 0.5) is 0 Å². The molecule has 2 rings (SSSR count). The molecule has 0 radical (unpaired) electrons. The Morgan fingerprint density at radius 2 is 2.15 bits per heavy atom. The highest BCUT2D eigenvalue weighted by molar-refractivity contribution is 5.00. The summed E-state index contributed by atoms with van der Waals surface area (Å²) in [6.07, 6.45) is 14.4. The van der Waals surface area contributed by atoms with Crippen LogP contribution in [-0.4, -0.2) is 6.54 Å². The number of hydrogen-bond acceptors (Lipinski definition) is 1. The van der Waals surface area contributed by atoms with Crippen LogP contribution in [0.3, 0.4) is 0 Å². The third kappa shape index (κ3) is 1.67. The molecular weight excluding hydrogens is 158 g/mol. The molecule has 0 heterocycles. The normalized spacial score (nSPS) is 31.3. The van der Waals surface area contributed by atoms with Gasteiger partial charge in [-0.3, -0.25) is 0 Å². The van der Waals surface area contributed by atoms with Gasteiger partial charge in [-0.25, -0.2) is 0 Å². The maximum absolute atomic E-state index is 5.71. The number of hydrogen-bond donors (Lipinski definition) is 1. The van der Waals surface area contributed by atoms with Crippen LogP contribution in [0, 0.1) is 11.3 Å². The van der Waals surface area contributed by atoms with Crippen molar-refractivity contribution in [2.45, 2.75) is 44.9 Å². The molecule has 1 saturated carbocycles. The van der Waals surface area contributed by atoms with E-state index in [4.69, 9.17) is 5.73 Å². The van der Waals surface area contributed by atoms with Crippen molar-refractivity contribution in [2.75, 3.05) is 6.54 Å². The van der Waals surface area contributed by atoms with Crippen LogP contribution < -0.4 is 5.73 Å². The Morgan fingerprint density at radius 3 is 2.62 bits per heavy atom. The van der Waals surface area contributed by atoms with Gasteiger partial charge in [0.05, 0.1) is 0 Å². The lowest BCUT2D eigenvalue weighted by Gasteiger charge is -2.49. The molecule has 2 N–H and O–H groups in total. The molecule has 0 spiro atoms. The summed E-state index contributed by atoms with van der Waals surface area (Å²) in [4.78, 5) is 0. The van der Waals surface area contributed by atoms with Crippen LogP contribution in [-0.2, 0) is 0 Å². The van der Waals surface area contributed by atoms with Gasteiger partial charge in [-0.2, -0.15) is 0 Å². The molecular formula is C12H21N. The Hall–Kier alpha value is -0.300. The van der Waals surface area contributed by atoms with E-state index in [0.717, 1.165) is 12.5 Å². The second-order valence-electron chi connectivity index (χ2n) is 4.74. The molecule has 2 aliphatic rings. The molecule has 1 heteroatoms. The van der Waals surface area contributed by atoms with E-state index in [2.05, 4.69) is 12.2 Å². The van der Waals surface area contributed by atoms with Crippen LogP contribution in [0.2, 0.25) is 0 Å². The third-order valence-corrected chi connectivity index (χ3v) is 4.13. The van der Waals surface area contributed by atoms with Gasteiger partial charge in [0.2, 0.25) is 0 Å². The van der Waals surface area contributed by atoms with Gasteiger partial charge >= 0.3 is 0 Å². The molecule has 0 amide bonds. The Bertz CT molecular complexity index is 191. The molecule has 13 heavy (non-hydrogen) atoms. The van der Waals surface area contributed by atoms with Crippen LogP contribution in [0.1, 0.15) is 44.9 Å². The smallest absolute Gasteiger partial charge is 0.00719 e. The second-order valence-corrected chi connectivity index (χ2v) is 4.74. The standard InChI is InChI=1S/C12H21N/c13-10-9-12(7-4-8-12)11-5-2-1-3-6-11/h1-2,11H,3-10,13H2. The Kier molecular flexibility index (Phi) is 2.73. The number of nitrogens with two attached hydrogens (primary N) is 1. The van der Waals surface area contributed by atoms with Gasteiger partial charge in [-0.1, -0.05) is 18.6 Å². The van der Waals surface area contributed by atoms with Gasteiger partial charge in [-0.05, 0) is 56.4 Å². The van der Waals surface area contributed by atoms with E-state index in [1.807, 2.05) is 0 Å². The average molecular weight is 179 g/mol. The van der Waals surface area contributed by atoms with Crippen molar-refractivity contribution in [3.8, 4) is 0 Å². The largest absolute Gasteiger partial charge is 0.330 e. The monoisotopic (exact) mass is 179 g/mol. The predicted molar refractivity (Wildman–Crippen MR) is 56.4 cm³/mol. The SMILES string of the molecule is NCCC1(C2CC=CCC2)CCC1. The summed E-state index contributed by atoms with van der Waals surface area (Å²) in [5.74, 6) is 0.954. The van der Waals surface area contributed by atoms with E-state index in [1.165, 1.54) is 44.9 Å². The maximum atomic E-state index is 5.71. The van der Waals surface area contributed by atoms with Crippen molar-refractivity contribution in [3.05, 3.63) is 12.2 Å². The first kappa shape index (κ1) is 9.26. The van der Waals surface area contributed by atoms with E-state index in [-0.39, 0.29) is 0 Å². The fourth-order valence-corrected chi connectivity index (χ4v) is 3.13. The molecule has 1 unspecified atom stereocenters. The first-order chi connectivity index (χ1) is 6.37. The van der Waals surface area contributed by atoms with Gasteiger partial charge in [0.1, 0.15) is 0 Å². The molecule has 0 aliphatic heterocycles. The fourth-order valence-electron chi connectivity index (χ4n) is 3.13. The first-order valence-electron chi connectivity index (χ1n) is 5.72. The van der Waals surface area contributed by atoms with Crippen molar-refractivity contribution in [1.29, 1.82) is 0 Å². The maximum Gasteiger partial charge on any atom is -0.00719 e. The lowest BCUT2D eigenvalue weighted by Crippen LogP contribution is -2.39. The molecule has 1 nitrogen and oxygen atoms in total. The van der Waals surface area contributed by atoms with Crippen molar-refractivity contribution in [1.82, 2.24) is 0 Å². The van der Waals surface area contributed by atoms with Crippen molar-refractivity contribution in [2.24, 2.45) is 17.1 Å². The van der Waals surface area contributed by atoms with Gasteiger partial charge in [0, 0.05) is 0 Å². The highest BCUT2D eigenvalue weighted by Gasteiger charge is 2.42. The summed E-state index contributed by atoms with van der Waals surface area (Å²) >= 11 is 0. The van der Waals surface area contributed by atoms with Crippen molar-refractivity contribution >= 4 is 0 Å². The zero-order chi connectivity index (χ0) is 9.15. The summed E-state index contributed by atoms with van der Waals surface area (Å²) in [6.45, 7) is 0.889. The van der Waals surface area contributed by atoms with Crippen LogP contribution >= 0.6 is 0 Å². The Morgan fingerprint density at radius 1 is 1.31 bits per heavy atom. The lowest BCUT2D eigenvalue weighted by molar-refractivity contribution is 0.0353. The molecule has 0 aromatic carbocycles. The Labute approximate surface area is 81.4 Å². The van der Waals surface area contributed by atoms with Crippen molar-refractivity contribution in [3.63, 3.8) is 0 Å². The summed E-state index contributed by atoms with van der Waals surface area (Å²) in [7, 11) is 0. The second kappa shape index (κ2) is 3.83. The Balaban J connectivity index is 1.98. The van der Waals surface area contributed by atoms with E-state index in [9.17, 15) is 0 Å².